The topological polar surface area (TPSA) is 121 Å². The maximum absolute atomic E-state index is 14.4. The second kappa shape index (κ2) is 7.71. The molecule has 2 fully saturated rings. The van der Waals surface area contributed by atoms with Crippen LogP contribution in [0.15, 0.2) is 47.6 Å². The lowest BCUT2D eigenvalue weighted by molar-refractivity contribution is -0.204. The van der Waals surface area contributed by atoms with Crippen LogP contribution in [0.25, 0.3) is 0 Å². The SMILES string of the molecule is CC1=C[C@]23C(=O)[C@@H](C=C(CO)[C@@H](O)[C@]2(O)[C@H]1OC(=O)C1CC(=O)c2ccccc21)[C@H]1[C@@H](C[C@H]3C)C1(C)C. The zero-order valence-corrected chi connectivity index (χ0v) is 21.6. The Morgan fingerprint density at radius 2 is 1.89 bits per heavy atom. The lowest BCUT2D eigenvalue weighted by Crippen LogP contribution is -2.66. The number of Topliss-reactive ketones (excluding diaryl/α,β-unsaturated/α-hetero) is 2. The van der Waals surface area contributed by atoms with Crippen molar-refractivity contribution >= 4 is 17.5 Å². The van der Waals surface area contributed by atoms with Gasteiger partial charge in [-0.05, 0) is 53.2 Å². The van der Waals surface area contributed by atoms with Crippen molar-refractivity contribution in [2.45, 2.75) is 64.3 Å². The standard InChI is InChI=1S/C30H34O7/c1-14-12-29-15(2)9-21-23(28(21,3)4)20(25(29)34)10-16(13-31)24(33)30(29,36)26(14)37-27(35)19-11-22(32)18-8-6-5-7-17(18)19/h5-8,10,12,15,19-21,23-24,26,31,33,36H,9,11,13H2,1-4H3/t15-,19?,20+,21-,23+,24-,26+,29+,30+/m1/s1. The first-order valence-electron chi connectivity index (χ1n) is 13.2. The van der Waals surface area contributed by atoms with Gasteiger partial charge < -0.3 is 20.1 Å². The van der Waals surface area contributed by atoms with Crippen molar-refractivity contribution in [2.75, 3.05) is 6.61 Å². The minimum Gasteiger partial charge on any atom is -0.454 e. The van der Waals surface area contributed by atoms with Gasteiger partial charge in [0.2, 0.25) is 0 Å². The van der Waals surface area contributed by atoms with Crippen LogP contribution in [0.4, 0.5) is 0 Å². The number of carbonyl (C=O) groups is 3. The fourth-order valence-corrected chi connectivity index (χ4v) is 8.46. The smallest absolute Gasteiger partial charge is 0.314 e. The molecule has 0 aromatic heterocycles. The van der Waals surface area contributed by atoms with Crippen molar-refractivity contribution in [3.63, 3.8) is 0 Å². The minimum atomic E-state index is -2.18. The van der Waals surface area contributed by atoms with E-state index in [1.807, 2.05) is 6.92 Å². The Bertz CT molecular complexity index is 1290. The fraction of sp³-hybridized carbons (Fsp3) is 0.567. The molecule has 6 rings (SSSR count). The highest BCUT2D eigenvalue weighted by atomic mass is 16.6. The molecule has 7 heteroatoms. The second-order valence-corrected chi connectivity index (χ2v) is 12.4. The molecule has 5 aliphatic rings. The quantitative estimate of drug-likeness (QED) is 0.426. The Morgan fingerprint density at radius 3 is 2.59 bits per heavy atom. The van der Waals surface area contributed by atoms with Gasteiger partial charge in [0.15, 0.2) is 23.3 Å². The van der Waals surface area contributed by atoms with Crippen molar-refractivity contribution in [3.05, 3.63) is 58.7 Å². The van der Waals surface area contributed by atoms with Crippen LogP contribution in [0.5, 0.6) is 0 Å². The lowest BCUT2D eigenvalue weighted by Gasteiger charge is -2.48. The summed E-state index contributed by atoms with van der Waals surface area (Å²) < 4.78 is 5.98. The number of esters is 1. The molecule has 5 aliphatic carbocycles. The van der Waals surface area contributed by atoms with Crippen molar-refractivity contribution in [2.24, 2.45) is 34.5 Å². The van der Waals surface area contributed by atoms with Gasteiger partial charge in [-0.2, -0.15) is 0 Å². The van der Waals surface area contributed by atoms with Gasteiger partial charge >= 0.3 is 5.97 Å². The summed E-state index contributed by atoms with van der Waals surface area (Å²) in [5.74, 6) is -2.42. The molecular formula is C30H34O7. The van der Waals surface area contributed by atoms with E-state index < -0.39 is 47.6 Å². The minimum absolute atomic E-state index is 0.0303. The normalized spacial score (nSPS) is 43.1. The number of fused-ring (bicyclic) bond motifs is 4. The van der Waals surface area contributed by atoms with Crippen molar-refractivity contribution in [3.8, 4) is 0 Å². The number of allylic oxidation sites excluding steroid dienone is 1. The van der Waals surface area contributed by atoms with Crippen LogP contribution < -0.4 is 0 Å². The average molecular weight is 507 g/mol. The summed E-state index contributed by atoms with van der Waals surface area (Å²) >= 11 is 0. The molecule has 3 N–H and O–H groups in total. The summed E-state index contributed by atoms with van der Waals surface area (Å²) in [5.41, 5.74) is -2.01. The molecule has 0 saturated heterocycles. The second-order valence-electron chi connectivity index (χ2n) is 12.4. The molecule has 0 radical (unpaired) electrons. The third-order valence-electron chi connectivity index (χ3n) is 10.4. The number of aliphatic hydroxyl groups excluding tert-OH is 2. The Labute approximate surface area is 216 Å². The van der Waals surface area contributed by atoms with Crippen molar-refractivity contribution in [1.82, 2.24) is 0 Å². The monoisotopic (exact) mass is 506 g/mol. The lowest BCUT2D eigenvalue weighted by atomic mass is 9.59. The Balaban J connectivity index is 1.43. The summed E-state index contributed by atoms with van der Waals surface area (Å²) in [6.07, 6.45) is 1.11. The van der Waals surface area contributed by atoms with Crippen molar-refractivity contribution < 1.29 is 34.4 Å². The first-order valence-corrected chi connectivity index (χ1v) is 13.2. The Morgan fingerprint density at radius 1 is 1.19 bits per heavy atom. The van der Waals surface area contributed by atoms with E-state index in [1.165, 1.54) is 0 Å². The van der Waals surface area contributed by atoms with Gasteiger partial charge in [0.05, 0.1) is 17.9 Å². The maximum Gasteiger partial charge on any atom is 0.314 e. The third kappa shape index (κ3) is 2.91. The van der Waals surface area contributed by atoms with E-state index in [9.17, 15) is 29.7 Å². The number of benzene rings is 1. The summed E-state index contributed by atoms with van der Waals surface area (Å²) in [7, 11) is 0. The summed E-state index contributed by atoms with van der Waals surface area (Å²) in [4.78, 5) is 40.4. The molecule has 1 unspecified atom stereocenters. The highest BCUT2D eigenvalue weighted by Crippen LogP contribution is 2.71. The number of ether oxygens (including phenoxy) is 1. The van der Waals surface area contributed by atoms with Crippen LogP contribution in [0, 0.1) is 34.5 Å². The highest BCUT2D eigenvalue weighted by Gasteiger charge is 2.76. The zero-order chi connectivity index (χ0) is 26.7. The van der Waals surface area contributed by atoms with Gasteiger partial charge in [0.25, 0.3) is 0 Å². The van der Waals surface area contributed by atoms with E-state index >= 15 is 0 Å². The molecule has 2 saturated carbocycles. The Kier molecular flexibility index (Phi) is 5.15. The Hall–Kier alpha value is -2.61. The van der Waals surface area contributed by atoms with Crippen LogP contribution >= 0.6 is 0 Å². The van der Waals surface area contributed by atoms with E-state index in [-0.39, 0.29) is 46.7 Å². The number of hydrogen-bond donors (Lipinski definition) is 3. The van der Waals surface area contributed by atoms with Gasteiger partial charge in [-0.15, -0.1) is 0 Å². The van der Waals surface area contributed by atoms with E-state index in [0.717, 1.165) is 0 Å². The van der Waals surface area contributed by atoms with Gasteiger partial charge in [0.1, 0.15) is 6.10 Å². The fourth-order valence-electron chi connectivity index (χ4n) is 8.46. The van der Waals surface area contributed by atoms with Crippen LogP contribution in [-0.4, -0.2) is 57.3 Å². The molecule has 0 amide bonds. The molecule has 1 aromatic carbocycles. The molecule has 0 heterocycles. The predicted molar refractivity (Wildman–Crippen MR) is 133 cm³/mol. The van der Waals surface area contributed by atoms with E-state index in [2.05, 4.69) is 13.8 Å². The largest absolute Gasteiger partial charge is 0.454 e. The van der Waals surface area contributed by atoms with Gasteiger partial charge in [0, 0.05) is 17.9 Å². The van der Waals surface area contributed by atoms with Gasteiger partial charge in [-0.1, -0.05) is 57.2 Å². The molecule has 9 atom stereocenters. The molecule has 7 nitrogen and oxygen atoms in total. The summed E-state index contributed by atoms with van der Waals surface area (Å²) in [6.45, 7) is 7.38. The summed E-state index contributed by atoms with van der Waals surface area (Å²) in [6, 6.07) is 6.91. The summed E-state index contributed by atoms with van der Waals surface area (Å²) in [5, 5.41) is 34.4. The number of ketones is 2. The molecule has 2 bridgehead atoms. The van der Waals surface area contributed by atoms with Crippen molar-refractivity contribution in [1.29, 1.82) is 0 Å². The predicted octanol–water partition coefficient (Wildman–Crippen LogP) is 2.74. The van der Waals surface area contributed by atoms with E-state index in [4.69, 9.17) is 4.74 Å². The number of carbonyl (C=O) groups excluding carboxylic acids is 3. The number of hydrogen-bond acceptors (Lipinski definition) is 7. The average Bonchev–Trinajstić information content (AvgIpc) is 3.15. The van der Waals surface area contributed by atoms with Gasteiger partial charge in [-0.3, -0.25) is 14.4 Å². The first-order chi connectivity index (χ1) is 17.4. The first kappa shape index (κ1) is 24.7. The maximum atomic E-state index is 14.4. The van der Waals surface area contributed by atoms with Crippen LogP contribution in [0.1, 0.15) is 62.4 Å². The third-order valence-corrected chi connectivity index (χ3v) is 10.4. The molecular weight excluding hydrogens is 472 g/mol. The highest BCUT2D eigenvalue weighted by molar-refractivity contribution is 6.06. The number of rotatable bonds is 3. The molecule has 1 spiro atoms. The van der Waals surface area contributed by atoms with E-state index in [1.54, 1.807) is 43.3 Å². The molecule has 1 aromatic rings. The molecule has 0 aliphatic heterocycles. The molecule has 37 heavy (non-hydrogen) atoms. The van der Waals surface area contributed by atoms with Gasteiger partial charge in [-0.25, -0.2) is 0 Å². The van der Waals surface area contributed by atoms with Crippen LogP contribution in [0.3, 0.4) is 0 Å². The zero-order valence-electron chi connectivity index (χ0n) is 21.6. The molecule has 196 valence electrons. The van der Waals surface area contributed by atoms with Crippen LogP contribution in [0.2, 0.25) is 0 Å². The van der Waals surface area contributed by atoms with E-state index in [0.29, 0.717) is 23.1 Å². The number of aliphatic hydroxyl groups is 3. The van der Waals surface area contributed by atoms with Crippen LogP contribution in [-0.2, 0) is 14.3 Å².